The molecular weight excluding hydrogens is 353 g/mol. The lowest BCUT2D eigenvalue weighted by molar-refractivity contribution is -0.144. The minimum Gasteiger partial charge on any atom is -0.469 e. The smallest absolute Gasteiger partial charge is 0.310 e. The first-order valence-corrected chi connectivity index (χ1v) is 8.12. The largest absolute Gasteiger partial charge is 0.469 e. The third-order valence-electron chi connectivity index (χ3n) is 3.21. The van der Waals surface area contributed by atoms with E-state index in [0.29, 0.717) is 6.42 Å². The van der Waals surface area contributed by atoms with Crippen molar-refractivity contribution in [2.24, 2.45) is 5.92 Å². The van der Waals surface area contributed by atoms with Gasteiger partial charge in [0.15, 0.2) is 0 Å². The van der Waals surface area contributed by atoms with E-state index in [4.69, 9.17) is 0 Å². The molecule has 1 unspecified atom stereocenters. The molecule has 1 aliphatic heterocycles. The number of hydrogen-bond donors (Lipinski definition) is 0. The maximum atomic E-state index is 13.5. The summed E-state index contributed by atoms with van der Waals surface area (Å²) in [5.41, 5.74) is 0. The van der Waals surface area contributed by atoms with Crippen LogP contribution in [0.2, 0.25) is 0 Å². The first kappa shape index (κ1) is 15.4. The van der Waals surface area contributed by atoms with Crippen molar-refractivity contribution in [3.8, 4) is 0 Å². The van der Waals surface area contributed by atoms with Gasteiger partial charge >= 0.3 is 5.97 Å². The minimum absolute atomic E-state index is 0.0622. The van der Waals surface area contributed by atoms with Crippen LogP contribution in [-0.4, -0.2) is 38.9 Å². The number of hydrogen-bond acceptors (Lipinski definition) is 4. The fourth-order valence-corrected chi connectivity index (χ4v) is 3.85. The lowest BCUT2D eigenvalue weighted by Gasteiger charge is -2.16. The zero-order valence-corrected chi connectivity index (χ0v) is 13.1. The Morgan fingerprint density at radius 3 is 2.80 bits per heavy atom. The Balaban J connectivity index is 2.23. The van der Waals surface area contributed by atoms with E-state index in [1.807, 2.05) is 0 Å². The van der Waals surface area contributed by atoms with Crippen LogP contribution < -0.4 is 0 Å². The van der Waals surface area contributed by atoms with Gasteiger partial charge in [0.25, 0.3) is 0 Å². The predicted molar refractivity (Wildman–Crippen MR) is 73.0 cm³/mol. The first-order valence-electron chi connectivity index (χ1n) is 5.89. The van der Waals surface area contributed by atoms with Crippen LogP contribution >= 0.6 is 15.9 Å². The summed E-state index contributed by atoms with van der Waals surface area (Å²) in [6.07, 6.45) is 0.408. The van der Waals surface area contributed by atoms with E-state index in [1.54, 1.807) is 0 Å². The number of carbonyl (C=O) groups excluding carboxylic acids is 1. The number of nitrogens with zero attached hydrogens (tertiary/aromatic N) is 1. The molecular formula is C12H13BrFNO4S. The van der Waals surface area contributed by atoms with Gasteiger partial charge in [-0.1, -0.05) is 0 Å². The molecule has 0 aliphatic carbocycles. The van der Waals surface area contributed by atoms with Gasteiger partial charge in [-0.2, -0.15) is 4.31 Å². The molecule has 1 atom stereocenters. The van der Waals surface area contributed by atoms with Crippen molar-refractivity contribution in [2.75, 3.05) is 20.2 Å². The molecule has 1 heterocycles. The molecule has 0 radical (unpaired) electrons. The summed E-state index contributed by atoms with van der Waals surface area (Å²) in [7, 11) is -2.52. The van der Waals surface area contributed by atoms with Crippen molar-refractivity contribution in [3.63, 3.8) is 0 Å². The Bertz CT molecular complexity index is 634. The lowest BCUT2D eigenvalue weighted by atomic mass is 10.1. The number of ether oxygens (including phenoxy) is 1. The topological polar surface area (TPSA) is 63.7 Å². The monoisotopic (exact) mass is 365 g/mol. The number of rotatable bonds is 3. The summed E-state index contributed by atoms with van der Waals surface area (Å²) in [5.74, 6) is -1.53. The number of sulfonamides is 1. The number of esters is 1. The highest BCUT2D eigenvalue weighted by Crippen LogP contribution is 2.27. The Morgan fingerprint density at radius 1 is 1.50 bits per heavy atom. The van der Waals surface area contributed by atoms with E-state index in [-0.39, 0.29) is 22.5 Å². The molecule has 1 fully saturated rings. The van der Waals surface area contributed by atoms with Crippen LogP contribution in [0.4, 0.5) is 4.39 Å². The average Bonchev–Trinajstić information content (AvgIpc) is 2.91. The zero-order chi connectivity index (χ0) is 14.9. The standard InChI is InChI=1S/C12H13BrFNO4S/c1-19-12(16)8-4-5-15(7-8)20(17,18)9-2-3-10(13)11(14)6-9/h2-3,6,8H,4-5,7H2,1H3. The Labute approximate surface area is 124 Å². The van der Waals surface area contributed by atoms with Gasteiger partial charge < -0.3 is 4.74 Å². The highest BCUT2D eigenvalue weighted by atomic mass is 79.9. The molecule has 1 aromatic rings. The number of halogens is 2. The number of benzene rings is 1. The third-order valence-corrected chi connectivity index (χ3v) is 5.72. The molecule has 1 saturated heterocycles. The predicted octanol–water partition coefficient (Wildman–Crippen LogP) is 1.77. The zero-order valence-electron chi connectivity index (χ0n) is 10.7. The van der Waals surface area contributed by atoms with E-state index in [0.717, 1.165) is 6.07 Å². The second kappa shape index (κ2) is 5.79. The summed E-state index contributed by atoms with van der Waals surface area (Å²) in [4.78, 5) is 11.3. The van der Waals surface area contributed by atoms with Gasteiger partial charge in [0.1, 0.15) is 5.82 Å². The molecule has 0 spiro atoms. The summed E-state index contributed by atoms with van der Waals surface area (Å²) in [6.45, 7) is 0.284. The second-order valence-corrected chi connectivity index (χ2v) is 7.24. The van der Waals surface area contributed by atoms with Crippen LogP contribution in [0.25, 0.3) is 0 Å². The summed E-state index contributed by atoms with van der Waals surface area (Å²) >= 11 is 2.97. The molecule has 0 N–H and O–H groups in total. The fourth-order valence-electron chi connectivity index (χ4n) is 2.09. The normalized spacial score (nSPS) is 20.1. The first-order chi connectivity index (χ1) is 9.36. The number of methoxy groups -OCH3 is 1. The average molecular weight is 366 g/mol. The van der Waals surface area contributed by atoms with Crippen molar-refractivity contribution in [2.45, 2.75) is 11.3 Å². The van der Waals surface area contributed by atoms with E-state index in [9.17, 15) is 17.6 Å². The van der Waals surface area contributed by atoms with Gasteiger partial charge in [-0.25, -0.2) is 12.8 Å². The van der Waals surface area contributed by atoms with E-state index >= 15 is 0 Å². The molecule has 0 aromatic heterocycles. The SMILES string of the molecule is COC(=O)C1CCN(S(=O)(=O)c2ccc(Br)c(F)c2)C1. The van der Waals surface area contributed by atoms with Gasteiger partial charge in [0.2, 0.25) is 10.0 Å². The maximum Gasteiger partial charge on any atom is 0.310 e. The number of carbonyl (C=O) groups is 1. The van der Waals surface area contributed by atoms with Crippen LogP contribution in [0.1, 0.15) is 6.42 Å². The van der Waals surface area contributed by atoms with Crippen molar-refractivity contribution in [1.29, 1.82) is 0 Å². The van der Waals surface area contributed by atoms with Gasteiger partial charge in [0, 0.05) is 13.1 Å². The van der Waals surface area contributed by atoms with Crippen molar-refractivity contribution >= 4 is 31.9 Å². The summed E-state index contributed by atoms with van der Waals surface area (Å²) < 4.78 is 44.1. The van der Waals surface area contributed by atoms with E-state index in [1.165, 1.54) is 23.5 Å². The van der Waals surface area contributed by atoms with Crippen LogP contribution in [0.5, 0.6) is 0 Å². The molecule has 0 amide bonds. The molecule has 0 saturated carbocycles. The van der Waals surface area contributed by atoms with E-state index in [2.05, 4.69) is 20.7 Å². The Kier molecular flexibility index (Phi) is 4.46. The van der Waals surface area contributed by atoms with Crippen molar-refractivity contribution < 1.29 is 22.3 Å². The lowest BCUT2D eigenvalue weighted by Crippen LogP contribution is -2.30. The van der Waals surface area contributed by atoms with Crippen LogP contribution in [-0.2, 0) is 19.6 Å². The molecule has 110 valence electrons. The molecule has 5 nitrogen and oxygen atoms in total. The minimum atomic E-state index is -3.79. The highest BCUT2D eigenvalue weighted by molar-refractivity contribution is 9.10. The van der Waals surface area contributed by atoms with Gasteiger partial charge in [-0.3, -0.25) is 4.79 Å². The molecule has 8 heteroatoms. The van der Waals surface area contributed by atoms with Crippen LogP contribution in [0.3, 0.4) is 0 Å². The van der Waals surface area contributed by atoms with Crippen LogP contribution in [0, 0.1) is 11.7 Å². The van der Waals surface area contributed by atoms with Crippen molar-refractivity contribution in [1.82, 2.24) is 4.31 Å². The molecule has 0 bridgehead atoms. The quantitative estimate of drug-likeness (QED) is 0.765. The third kappa shape index (κ3) is 2.87. The summed E-state index contributed by atoms with van der Waals surface area (Å²) in [6, 6.07) is 3.63. The maximum absolute atomic E-state index is 13.5. The van der Waals surface area contributed by atoms with Crippen molar-refractivity contribution in [3.05, 3.63) is 28.5 Å². The molecule has 1 aliphatic rings. The Hall–Kier alpha value is -0.990. The molecule has 20 heavy (non-hydrogen) atoms. The van der Waals surface area contributed by atoms with Gasteiger partial charge in [0.05, 0.1) is 22.4 Å². The van der Waals surface area contributed by atoms with E-state index < -0.39 is 27.7 Å². The second-order valence-electron chi connectivity index (χ2n) is 4.45. The Morgan fingerprint density at radius 2 is 2.20 bits per heavy atom. The van der Waals surface area contributed by atoms with Crippen LogP contribution in [0.15, 0.2) is 27.6 Å². The van der Waals surface area contributed by atoms with Gasteiger partial charge in [-0.15, -0.1) is 0 Å². The fraction of sp³-hybridized carbons (Fsp3) is 0.417. The summed E-state index contributed by atoms with van der Waals surface area (Å²) in [5, 5.41) is 0. The van der Waals surface area contributed by atoms with Gasteiger partial charge in [-0.05, 0) is 40.5 Å². The molecule has 2 rings (SSSR count). The highest BCUT2D eigenvalue weighted by Gasteiger charge is 2.36. The molecule has 1 aromatic carbocycles.